The van der Waals surface area contributed by atoms with E-state index < -0.39 is 10.6 Å². The average Bonchev–Trinajstić information content (AvgIpc) is 3.09. The highest BCUT2D eigenvalue weighted by Crippen LogP contribution is 2.66. The number of hydrogen-bond donors (Lipinski definition) is 2. The smallest absolute Gasteiger partial charge is 0.119 e. The number of benzene rings is 1. The van der Waals surface area contributed by atoms with E-state index in [0.717, 1.165) is 54.9 Å². The van der Waals surface area contributed by atoms with Gasteiger partial charge in [-0.2, -0.15) is 10.6 Å². The fourth-order valence-corrected chi connectivity index (χ4v) is 8.56. The van der Waals surface area contributed by atoms with Crippen molar-refractivity contribution < 1.29 is 13.8 Å². The first-order valence-electron chi connectivity index (χ1n) is 13.4. The van der Waals surface area contributed by atoms with E-state index >= 15 is 0 Å². The molecule has 1 aliphatic heterocycles. The highest BCUT2D eigenvalue weighted by molar-refractivity contribution is 8.27. The van der Waals surface area contributed by atoms with Crippen molar-refractivity contribution in [3.63, 3.8) is 0 Å². The number of likely N-dealkylation sites (N-methyl/N-ethyl adjacent to an activating group) is 1. The minimum Gasteiger partial charge on any atom is -0.494 e. The molecule has 1 aromatic rings. The summed E-state index contributed by atoms with van der Waals surface area (Å²) in [6.07, 6.45) is 15.0. The van der Waals surface area contributed by atoms with Crippen LogP contribution in [0.25, 0.3) is 0 Å². The third kappa shape index (κ3) is 6.18. The van der Waals surface area contributed by atoms with Crippen molar-refractivity contribution >= 4 is 10.6 Å². The quantitative estimate of drug-likeness (QED) is 0.338. The summed E-state index contributed by atoms with van der Waals surface area (Å²) in [4.78, 5) is 2.87. The Labute approximate surface area is 215 Å². The molecule has 0 radical (unpaired) electrons. The second-order valence-corrected chi connectivity index (χ2v) is 12.7. The van der Waals surface area contributed by atoms with E-state index in [1.807, 2.05) is 33.2 Å². The molecule has 0 saturated carbocycles. The monoisotopic (exact) mass is 501 g/mol. The minimum atomic E-state index is -2.93. The number of hydrogen-bond acceptors (Lipinski definition) is 4. The molecule has 3 atom stereocenters. The van der Waals surface area contributed by atoms with Crippen molar-refractivity contribution in [3.8, 4) is 5.75 Å². The summed E-state index contributed by atoms with van der Waals surface area (Å²) in [6.45, 7) is 9.50. The van der Waals surface area contributed by atoms with Gasteiger partial charge in [-0.1, -0.05) is 64.7 Å². The maximum atomic E-state index is 11.8. The number of nitrogens with zero attached hydrogens (tertiary/aromatic N) is 1. The van der Waals surface area contributed by atoms with Crippen molar-refractivity contribution in [2.24, 2.45) is 17.3 Å². The Morgan fingerprint density at radius 3 is 2.17 bits per heavy atom. The van der Waals surface area contributed by atoms with Crippen LogP contribution < -0.4 is 4.74 Å². The summed E-state index contributed by atoms with van der Waals surface area (Å²) in [5.41, 5.74) is 2.22. The van der Waals surface area contributed by atoms with Gasteiger partial charge >= 0.3 is 0 Å². The molecule has 5 heteroatoms. The highest BCUT2D eigenvalue weighted by atomic mass is 32.3. The Morgan fingerprint density at radius 2 is 1.63 bits per heavy atom. The molecule has 3 rings (SSSR count). The molecule has 0 spiro atoms. The van der Waals surface area contributed by atoms with E-state index in [9.17, 15) is 9.11 Å². The predicted molar refractivity (Wildman–Crippen MR) is 151 cm³/mol. The van der Waals surface area contributed by atoms with Gasteiger partial charge in [0.25, 0.3) is 0 Å². The van der Waals surface area contributed by atoms with Gasteiger partial charge in [0.1, 0.15) is 5.75 Å². The molecule has 4 nitrogen and oxygen atoms in total. The number of allylic oxidation sites excluding steroid dienone is 5. The van der Waals surface area contributed by atoms with Crippen LogP contribution in [0.5, 0.6) is 5.75 Å². The van der Waals surface area contributed by atoms with E-state index in [-0.39, 0.29) is 17.3 Å². The van der Waals surface area contributed by atoms with E-state index in [1.165, 1.54) is 5.56 Å². The lowest BCUT2D eigenvalue weighted by Crippen LogP contribution is -2.37. The Bertz CT molecular complexity index is 908. The molecule has 2 unspecified atom stereocenters. The van der Waals surface area contributed by atoms with Gasteiger partial charge in [-0.15, -0.1) is 0 Å². The van der Waals surface area contributed by atoms with Crippen molar-refractivity contribution in [1.29, 1.82) is 0 Å². The SMILES string of the molecule is CCCCC1(CCCC)CS(O)(O)C2=CC=C(N(C)C)C=CC2[C@@H](c2ccc(OCC)cc2)C1C. The van der Waals surface area contributed by atoms with Crippen LogP contribution in [0.2, 0.25) is 0 Å². The zero-order chi connectivity index (χ0) is 25.6. The first kappa shape index (κ1) is 27.9. The predicted octanol–water partition coefficient (Wildman–Crippen LogP) is 8.45. The molecular formula is C30H47NO3S. The molecule has 0 amide bonds. The van der Waals surface area contributed by atoms with Crippen LogP contribution in [0.15, 0.2) is 59.2 Å². The van der Waals surface area contributed by atoms with Gasteiger partial charge in [0.15, 0.2) is 0 Å². The Hall–Kier alpha value is -1.69. The van der Waals surface area contributed by atoms with Crippen LogP contribution in [-0.2, 0) is 0 Å². The summed E-state index contributed by atoms with van der Waals surface area (Å²) >= 11 is 0. The lowest BCUT2D eigenvalue weighted by Gasteiger charge is -2.46. The Morgan fingerprint density at radius 1 is 1.00 bits per heavy atom. The summed E-state index contributed by atoms with van der Waals surface area (Å²) in [5, 5.41) is 0. The maximum Gasteiger partial charge on any atom is 0.119 e. The molecule has 35 heavy (non-hydrogen) atoms. The second-order valence-electron chi connectivity index (χ2n) is 10.6. The number of unbranched alkanes of at least 4 members (excludes halogenated alkanes) is 2. The van der Waals surface area contributed by atoms with Gasteiger partial charge in [0.05, 0.1) is 6.61 Å². The Balaban J connectivity index is 2.20. The highest BCUT2D eigenvalue weighted by Gasteiger charge is 2.50. The summed E-state index contributed by atoms with van der Waals surface area (Å²) < 4.78 is 29.3. The molecule has 1 aromatic carbocycles. The number of fused-ring (bicyclic) bond motifs is 1. The van der Waals surface area contributed by atoms with E-state index in [4.69, 9.17) is 4.74 Å². The number of rotatable bonds is 10. The third-order valence-electron chi connectivity index (χ3n) is 8.13. The standard InChI is InChI=1S/C30H47NO3S/c1-7-10-20-30(21-11-8-2)22-35(32,33)28-19-15-25(31(5)6)14-18-27(28)29(23(30)4)24-12-16-26(17-13-24)34-9-3/h12-19,23,27,29,32-33H,7-11,20-22H2,1-6H3/t23?,27?,29-/m1/s1. The topological polar surface area (TPSA) is 52.9 Å². The van der Waals surface area contributed by atoms with E-state index in [1.54, 1.807) is 0 Å². The maximum absolute atomic E-state index is 11.8. The van der Waals surface area contributed by atoms with Gasteiger partial charge in [-0.25, -0.2) is 0 Å². The van der Waals surface area contributed by atoms with Crippen molar-refractivity contribution in [3.05, 3.63) is 64.7 Å². The van der Waals surface area contributed by atoms with Crippen molar-refractivity contribution in [2.45, 2.75) is 72.1 Å². The first-order valence-corrected chi connectivity index (χ1v) is 15.2. The van der Waals surface area contributed by atoms with Crippen LogP contribution in [0.3, 0.4) is 0 Å². The lowest BCUT2D eigenvalue weighted by atomic mass is 9.62. The first-order chi connectivity index (χ1) is 16.7. The molecule has 1 aliphatic carbocycles. The van der Waals surface area contributed by atoms with Crippen LogP contribution in [0.4, 0.5) is 0 Å². The van der Waals surface area contributed by atoms with Gasteiger partial charge in [-0.3, -0.25) is 9.11 Å². The molecule has 196 valence electrons. The molecule has 0 aromatic heterocycles. The Kier molecular flexibility index (Phi) is 9.59. The summed E-state index contributed by atoms with van der Waals surface area (Å²) in [6, 6.07) is 8.54. The average molecular weight is 502 g/mol. The second kappa shape index (κ2) is 12.0. The van der Waals surface area contributed by atoms with Crippen molar-refractivity contribution in [1.82, 2.24) is 4.90 Å². The minimum absolute atomic E-state index is 0.0632. The van der Waals surface area contributed by atoms with Gasteiger partial charge in [-0.05, 0) is 72.9 Å². The molecular weight excluding hydrogens is 454 g/mol. The van der Waals surface area contributed by atoms with Crippen LogP contribution in [0.1, 0.15) is 77.7 Å². The normalized spacial score (nSPS) is 26.0. The zero-order valence-corrected chi connectivity index (χ0v) is 23.5. The molecule has 1 fully saturated rings. The van der Waals surface area contributed by atoms with E-state index in [2.05, 4.69) is 62.1 Å². The summed E-state index contributed by atoms with van der Waals surface area (Å²) in [7, 11) is 1.13. The fourth-order valence-electron chi connectivity index (χ4n) is 6.09. The van der Waals surface area contributed by atoms with Crippen LogP contribution >= 0.6 is 10.6 Å². The molecule has 0 bridgehead atoms. The van der Waals surface area contributed by atoms with Gasteiger partial charge < -0.3 is 9.64 Å². The van der Waals surface area contributed by atoms with Gasteiger partial charge in [0, 0.05) is 36.4 Å². The number of ether oxygens (including phenoxy) is 1. The summed E-state index contributed by atoms with van der Waals surface area (Å²) in [5.74, 6) is 1.74. The van der Waals surface area contributed by atoms with Crippen LogP contribution in [0, 0.1) is 17.3 Å². The fraction of sp³-hybridized carbons (Fsp3) is 0.600. The molecule has 1 heterocycles. The third-order valence-corrected chi connectivity index (χ3v) is 10.3. The van der Waals surface area contributed by atoms with E-state index in [0.29, 0.717) is 18.3 Å². The zero-order valence-electron chi connectivity index (χ0n) is 22.7. The molecule has 2 aliphatic rings. The molecule has 1 saturated heterocycles. The lowest BCUT2D eigenvalue weighted by molar-refractivity contribution is 0.129. The molecule has 2 N–H and O–H groups in total. The van der Waals surface area contributed by atoms with Crippen molar-refractivity contribution in [2.75, 3.05) is 26.5 Å². The van der Waals surface area contributed by atoms with Gasteiger partial charge in [0.2, 0.25) is 0 Å². The van der Waals surface area contributed by atoms with Crippen LogP contribution in [-0.4, -0.2) is 40.5 Å². The largest absolute Gasteiger partial charge is 0.494 e.